The molecular formula is C20H34N4O5. The van der Waals surface area contributed by atoms with E-state index in [1.54, 1.807) is 18.7 Å². The minimum absolute atomic E-state index is 0.0179. The van der Waals surface area contributed by atoms with Gasteiger partial charge in [-0.1, -0.05) is 38.5 Å². The Hall–Kier alpha value is -2.03. The predicted molar refractivity (Wildman–Crippen MR) is 105 cm³/mol. The van der Waals surface area contributed by atoms with Crippen molar-refractivity contribution in [1.29, 1.82) is 0 Å². The molecule has 2 aliphatic carbocycles. The van der Waals surface area contributed by atoms with Gasteiger partial charge >= 0.3 is 18.0 Å². The number of hydrogen-bond acceptors (Lipinski definition) is 4. The van der Waals surface area contributed by atoms with E-state index in [4.69, 9.17) is 0 Å². The van der Waals surface area contributed by atoms with Crippen LogP contribution in [-0.4, -0.2) is 73.5 Å². The highest BCUT2D eigenvalue weighted by Gasteiger charge is 2.57. The number of nitrogens with one attached hydrogen (secondary N) is 1. The van der Waals surface area contributed by atoms with E-state index in [0.29, 0.717) is 5.06 Å². The second-order valence-corrected chi connectivity index (χ2v) is 9.12. The Morgan fingerprint density at radius 3 is 2.17 bits per heavy atom. The van der Waals surface area contributed by atoms with Crippen LogP contribution in [0.2, 0.25) is 0 Å². The minimum atomic E-state index is -1.12. The van der Waals surface area contributed by atoms with E-state index < -0.39 is 36.3 Å². The van der Waals surface area contributed by atoms with E-state index in [9.17, 15) is 24.7 Å². The monoisotopic (exact) mass is 410 g/mol. The van der Waals surface area contributed by atoms with Gasteiger partial charge in [0, 0.05) is 12.1 Å². The molecule has 0 radical (unpaired) electrons. The third kappa shape index (κ3) is 4.44. The zero-order valence-corrected chi connectivity index (χ0v) is 17.5. The molecule has 29 heavy (non-hydrogen) atoms. The summed E-state index contributed by atoms with van der Waals surface area (Å²) in [6.07, 6.45) is 8.67. The van der Waals surface area contributed by atoms with Crippen LogP contribution in [0.1, 0.15) is 78.1 Å². The van der Waals surface area contributed by atoms with Gasteiger partial charge in [-0.25, -0.2) is 9.59 Å². The van der Waals surface area contributed by atoms with Gasteiger partial charge in [0.1, 0.15) is 6.54 Å². The summed E-state index contributed by atoms with van der Waals surface area (Å²) >= 11 is 0. The molecule has 3 rings (SSSR count). The van der Waals surface area contributed by atoms with Crippen molar-refractivity contribution < 1.29 is 24.7 Å². The van der Waals surface area contributed by atoms with Crippen molar-refractivity contribution in [3.05, 3.63) is 0 Å². The van der Waals surface area contributed by atoms with Crippen LogP contribution in [0.15, 0.2) is 0 Å². The van der Waals surface area contributed by atoms with Crippen molar-refractivity contribution in [1.82, 2.24) is 20.2 Å². The summed E-state index contributed by atoms with van der Waals surface area (Å²) in [6, 6.07) is -1.15. The van der Waals surface area contributed by atoms with Crippen LogP contribution < -0.4 is 5.32 Å². The third-order valence-corrected chi connectivity index (χ3v) is 6.68. The number of aliphatic carboxylic acids is 1. The molecule has 0 aromatic carbocycles. The molecule has 0 aromatic rings. The fraction of sp³-hybridized carbons (Fsp3) is 0.850. The van der Waals surface area contributed by atoms with Crippen LogP contribution in [0.5, 0.6) is 0 Å². The molecule has 0 aromatic heterocycles. The first-order valence-electron chi connectivity index (χ1n) is 10.8. The summed E-state index contributed by atoms with van der Waals surface area (Å²) in [5.74, 6) is -1.12. The third-order valence-electron chi connectivity index (χ3n) is 6.68. The lowest BCUT2D eigenvalue weighted by atomic mass is 9.92. The SMILES string of the molecule is CC1(C)[C@@H](N(O)C(=O)NC2CCCCC2)N(C2CCCCC2)C(=O)N1CC(=O)O. The fourth-order valence-corrected chi connectivity index (χ4v) is 5.11. The lowest BCUT2D eigenvalue weighted by Crippen LogP contribution is -2.61. The number of hydroxylamine groups is 2. The summed E-state index contributed by atoms with van der Waals surface area (Å²) in [6.45, 7) is 2.94. The minimum Gasteiger partial charge on any atom is -0.480 e. The van der Waals surface area contributed by atoms with E-state index >= 15 is 0 Å². The second kappa shape index (κ2) is 8.77. The molecule has 0 bridgehead atoms. The lowest BCUT2D eigenvalue weighted by molar-refractivity contribution is -0.147. The number of carbonyl (C=O) groups excluding carboxylic acids is 2. The van der Waals surface area contributed by atoms with Gasteiger partial charge in [0.15, 0.2) is 6.17 Å². The van der Waals surface area contributed by atoms with Gasteiger partial charge in [0.25, 0.3) is 0 Å². The van der Waals surface area contributed by atoms with E-state index in [-0.39, 0.29) is 12.1 Å². The zero-order valence-electron chi connectivity index (χ0n) is 17.5. The first-order chi connectivity index (χ1) is 13.7. The Kier molecular flexibility index (Phi) is 6.55. The fourth-order valence-electron chi connectivity index (χ4n) is 5.11. The molecule has 2 saturated carbocycles. The number of carboxylic acid groups (broad SMARTS) is 1. The van der Waals surface area contributed by atoms with Crippen molar-refractivity contribution in [2.75, 3.05) is 6.54 Å². The maximum absolute atomic E-state index is 13.2. The van der Waals surface area contributed by atoms with Gasteiger partial charge in [0.2, 0.25) is 0 Å². The van der Waals surface area contributed by atoms with Gasteiger partial charge in [0.05, 0.1) is 5.54 Å². The van der Waals surface area contributed by atoms with E-state index in [1.807, 2.05) is 0 Å². The van der Waals surface area contributed by atoms with Crippen LogP contribution in [0.4, 0.5) is 9.59 Å². The summed E-state index contributed by atoms with van der Waals surface area (Å²) < 4.78 is 0. The standard InChI is InChI=1S/C20H34N4O5/c1-20(2)17(24(29)18(27)21-14-9-5-3-6-10-14)23(15-11-7-4-8-12-15)19(28)22(20)13-16(25)26/h14-15,17,29H,3-13H2,1-2H3,(H,21,27)(H,25,26)/t17-/m1/s1. The van der Waals surface area contributed by atoms with Crippen molar-refractivity contribution >= 4 is 18.0 Å². The molecule has 164 valence electrons. The Balaban J connectivity index is 1.84. The molecule has 1 aliphatic heterocycles. The molecule has 3 aliphatic rings. The maximum atomic E-state index is 13.2. The van der Waals surface area contributed by atoms with Crippen LogP contribution in [0.25, 0.3) is 0 Å². The van der Waals surface area contributed by atoms with Gasteiger partial charge in [-0.3, -0.25) is 14.9 Å². The Bertz CT molecular complexity index is 628. The highest BCUT2D eigenvalue weighted by atomic mass is 16.5. The first-order valence-corrected chi connectivity index (χ1v) is 10.8. The van der Waals surface area contributed by atoms with Crippen molar-refractivity contribution in [2.24, 2.45) is 0 Å². The van der Waals surface area contributed by atoms with E-state index in [0.717, 1.165) is 64.2 Å². The Morgan fingerprint density at radius 1 is 1.07 bits per heavy atom. The van der Waals surface area contributed by atoms with Gasteiger partial charge in [-0.2, -0.15) is 5.06 Å². The average Bonchev–Trinajstić information content (AvgIpc) is 2.88. The number of hydrogen-bond donors (Lipinski definition) is 3. The highest BCUT2D eigenvalue weighted by molar-refractivity contribution is 5.85. The highest BCUT2D eigenvalue weighted by Crippen LogP contribution is 2.38. The average molecular weight is 411 g/mol. The molecule has 1 heterocycles. The summed E-state index contributed by atoms with van der Waals surface area (Å²) in [7, 11) is 0. The summed E-state index contributed by atoms with van der Waals surface area (Å²) in [5.41, 5.74) is -1.05. The molecule has 9 heteroatoms. The Labute approximate surface area is 172 Å². The zero-order chi connectivity index (χ0) is 21.2. The molecule has 9 nitrogen and oxygen atoms in total. The van der Waals surface area contributed by atoms with Crippen molar-refractivity contribution in [3.63, 3.8) is 0 Å². The van der Waals surface area contributed by atoms with Crippen LogP contribution in [0.3, 0.4) is 0 Å². The normalized spacial score (nSPS) is 25.9. The van der Waals surface area contributed by atoms with Crippen molar-refractivity contribution in [2.45, 2.75) is 102 Å². The first kappa shape index (κ1) is 21.7. The molecule has 1 saturated heterocycles. The van der Waals surface area contributed by atoms with Gasteiger partial charge in [-0.05, 0) is 39.5 Å². The molecule has 1 atom stereocenters. The summed E-state index contributed by atoms with van der Waals surface area (Å²) in [4.78, 5) is 40.2. The molecular weight excluding hydrogens is 376 g/mol. The van der Waals surface area contributed by atoms with E-state index in [1.165, 1.54) is 4.90 Å². The van der Waals surface area contributed by atoms with Gasteiger partial charge in [-0.15, -0.1) is 0 Å². The molecule has 0 unspecified atom stereocenters. The number of rotatable bonds is 5. The number of carbonyl (C=O) groups is 3. The smallest absolute Gasteiger partial charge is 0.343 e. The van der Waals surface area contributed by atoms with Crippen LogP contribution in [-0.2, 0) is 4.79 Å². The second-order valence-electron chi connectivity index (χ2n) is 9.12. The molecule has 3 fully saturated rings. The lowest BCUT2D eigenvalue weighted by Gasteiger charge is -2.41. The Morgan fingerprint density at radius 2 is 1.62 bits per heavy atom. The number of amides is 4. The number of urea groups is 2. The quantitative estimate of drug-likeness (QED) is 0.476. The van der Waals surface area contributed by atoms with Crippen LogP contribution in [0, 0.1) is 0 Å². The predicted octanol–water partition coefficient (Wildman–Crippen LogP) is 2.98. The van der Waals surface area contributed by atoms with Crippen LogP contribution >= 0.6 is 0 Å². The van der Waals surface area contributed by atoms with Crippen molar-refractivity contribution in [3.8, 4) is 0 Å². The number of carboxylic acids is 1. The molecule has 4 amide bonds. The molecule has 3 N–H and O–H groups in total. The topological polar surface area (TPSA) is 113 Å². The number of nitrogens with zero attached hydrogens (tertiary/aromatic N) is 3. The van der Waals surface area contributed by atoms with E-state index in [2.05, 4.69) is 5.32 Å². The maximum Gasteiger partial charge on any atom is 0.343 e. The largest absolute Gasteiger partial charge is 0.480 e. The molecule has 0 spiro atoms. The van der Waals surface area contributed by atoms with Gasteiger partial charge < -0.3 is 15.3 Å². The summed E-state index contributed by atoms with van der Waals surface area (Å²) in [5, 5.41) is 23.7.